The van der Waals surface area contributed by atoms with Gasteiger partial charge in [0, 0.05) is 11.8 Å². The average Bonchev–Trinajstić information content (AvgIpc) is 2.38. The second-order valence-electron chi connectivity index (χ2n) is 3.39. The number of rotatable bonds is 5. The van der Waals surface area contributed by atoms with E-state index in [0.29, 0.717) is 12.2 Å². The molecule has 0 radical (unpaired) electrons. The highest BCUT2D eigenvalue weighted by molar-refractivity contribution is 6.36. The number of nitrogens with one attached hydrogen (secondary N) is 2. The van der Waals surface area contributed by atoms with E-state index in [0.717, 1.165) is 6.07 Å². The van der Waals surface area contributed by atoms with Gasteiger partial charge in [0.2, 0.25) is 0 Å². The van der Waals surface area contributed by atoms with Crippen molar-refractivity contribution >= 4 is 11.9 Å². The van der Waals surface area contributed by atoms with E-state index in [1.54, 1.807) is 12.3 Å². The van der Waals surface area contributed by atoms with Crippen molar-refractivity contribution < 1.29 is 4.39 Å². The van der Waals surface area contributed by atoms with Gasteiger partial charge >= 0.3 is 0 Å². The van der Waals surface area contributed by atoms with Crippen molar-refractivity contribution in [2.45, 2.75) is 6.92 Å². The number of allylic oxidation sites excluding steroid dienone is 1. The molecule has 0 heterocycles. The van der Waals surface area contributed by atoms with E-state index in [4.69, 9.17) is 10.7 Å². The van der Waals surface area contributed by atoms with Crippen LogP contribution < -0.4 is 5.32 Å². The molecule has 0 aromatic heterocycles. The van der Waals surface area contributed by atoms with Crippen LogP contribution >= 0.6 is 0 Å². The molecule has 0 saturated carbocycles. The lowest BCUT2D eigenvalue weighted by atomic mass is 10.1. The molecule has 0 aliphatic carbocycles. The first kappa shape index (κ1) is 13.6. The fourth-order valence-corrected chi connectivity index (χ4v) is 1.21. The van der Waals surface area contributed by atoms with Crippen LogP contribution in [0.15, 0.2) is 35.5 Å². The third-order valence-electron chi connectivity index (χ3n) is 2.09. The Morgan fingerprint density at radius 3 is 3.00 bits per heavy atom. The molecule has 0 fully saturated rings. The van der Waals surface area contributed by atoms with E-state index in [9.17, 15) is 4.39 Å². The Bertz CT molecular complexity index is 526. The fourth-order valence-electron chi connectivity index (χ4n) is 1.21. The van der Waals surface area contributed by atoms with Crippen LogP contribution in [0.2, 0.25) is 0 Å². The van der Waals surface area contributed by atoms with E-state index in [-0.39, 0.29) is 11.3 Å². The highest BCUT2D eigenvalue weighted by Crippen LogP contribution is 2.09. The summed E-state index contributed by atoms with van der Waals surface area (Å²) in [5, 5.41) is 19.2. The maximum atomic E-state index is 13.3. The number of nitriles is 1. The molecule has 2 N–H and O–H groups in total. The molecule has 1 aromatic rings. The Labute approximate surface area is 105 Å². The third-order valence-corrected chi connectivity index (χ3v) is 2.09. The lowest BCUT2D eigenvalue weighted by molar-refractivity contribution is 0.623. The molecular formula is C13H13FN4. The molecule has 5 heteroatoms. The van der Waals surface area contributed by atoms with E-state index in [1.165, 1.54) is 18.3 Å². The van der Waals surface area contributed by atoms with Crippen LogP contribution in [0.1, 0.15) is 18.1 Å². The Kier molecular flexibility index (Phi) is 5.26. The summed E-state index contributed by atoms with van der Waals surface area (Å²) >= 11 is 0. The van der Waals surface area contributed by atoms with Crippen LogP contribution in [-0.4, -0.2) is 18.6 Å². The summed E-state index contributed by atoms with van der Waals surface area (Å²) in [6, 6.07) is 5.77. The van der Waals surface area contributed by atoms with Crippen molar-refractivity contribution in [2.75, 3.05) is 6.67 Å². The van der Waals surface area contributed by atoms with Gasteiger partial charge in [0.25, 0.3) is 0 Å². The lowest BCUT2D eigenvalue weighted by Crippen LogP contribution is -2.07. The zero-order valence-corrected chi connectivity index (χ0v) is 9.94. The molecule has 0 aliphatic rings. The number of hydrogen-bond acceptors (Lipinski definition) is 4. The average molecular weight is 244 g/mol. The molecule has 0 spiro atoms. The van der Waals surface area contributed by atoms with Crippen LogP contribution in [0.25, 0.3) is 0 Å². The number of halogens is 1. The number of hydrogen-bond donors (Lipinski definition) is 2. The Morgan fingerprint density at radius 2 is 2.39 bits per heavy atom. The normalized spacial score (nSPS) is 10.7. The molecule has 0 unspecified atom stereocenters. The molecule has 4 nitrogen and oxygen atoms in total. The minimum atomic E-state index is -0.625. The standard InChI is InChI=1S/C13H13FN4/c1-2-5-17-9-18-8-13(16)10-3-4-11(7-15)12(14)6-10/h2-6,8,16-17H,9H2,1H3/b5-2-,16-13?,18-8-. The first-order valence-corrected chi connectivity index (χ1v) is 5.32. The zero-order valence-electron chi connectivity index (χ0n) is 9.94. The van der Waals surface area contributed by atoms with Gasteiger partial charge in [-0.05, 0) is 25.3 Å². The van der Waals surface area contributed by atoms with Crippen LogP contribution in [0, 0.1) is 22.6 Å². The van der Waals surface area contributed by atoms with Gasteiger partial charge in [-0.15, -0.1) is 0 Å². The van der Waals surface area contributed by atoms with Gasteiger partial charge in [-0.25, -0.2) is 4.39 Å². The number of benzene rings is 1. The highest BCUT2D eigenvalue weighted by atomic mass is 19.1. The zero-order chi connectivity index (χ0) is 13.4. The summed E-state index contributed by atoms with van der Waals surface area (Å²) in [4.78, 5) is 3.96. The topological polar surface area (TPSA) is 72.0 Å². The summed E-state index contributed by atoms with van der Waals surface area (Å²) in [6.07, 6.45) is 4.91. The van der Waals surface area contributed by atoms with Gasteiger partial charge in [0.05, 0.1) is 11.3 Å². The Morgan fingerprint density at radius 1 is 1.61 bits per heavy atom. The van der Waals surface area contributed by atoms with Gasteiger partial charge < -0.3 is 5.32 Å². The summed E-state index contributed by atoms with van der Waals surface area (Å²) in [7, 11) is 0. The second kappa shape index (κ2) is 6.97. The Balaban J connectivity index is 2.68. The predicted octanol–water partition coefficient (Wildman–Crippen LogP) is 2.22. The molecule has 0 atom stereocenters. The van der Waals surface area contributed by atoms with Gasteiger partial charge in [0.15, 0.2) is 0 Å². The molecule has 0 aliphatic heterocycles. The first-order chi connectivity index (χ1) is 8.69. The predicted molar refractivity (Wildman–Crippen MR) is 69.3 cm³/mol. The van der Waals surface area contributed by atoms with Crippen molar-refractivity contribution in [3.63, 3.8) is 0 Å². The summed E-state index contributed by atoms with van der Waals surface area (Å²) < 4.78 is 13.3. The van der Waals surface area contributed by atoms with Crippen LogP contribution in [0.5, 0.6) is 0 Å². The summed E-state index contributed by atoms with van der Waals surface area (Å²) in [5.74, 6) is -0.625. The number of aliphatic imine (C=N–C) groups is 1. The van der Waals surface area contributed by atoms with E-state index in [2.05, 4.69) is 10.3 Å². The molecule has 18 heavy (non-hydrogen) atoms. The van der Waals surface area contributed by atoms with Gasteiger partial charge in [-0.2, -0.15) is 5.26 Å². The SMILES string of the molecule is C/C=C\NC/N=C\C(=N)c1ccc(C#N)c(F)c1. The second-order valence-corrected chi connectivity index (χ2v) is 3.39. The molecule has 0 saturated heterocycles. The van der Waals surface area contributed by atoms with Crippen LogP contribution in [-0.2, 0) is 0 Å². The van der Waals surface area contributed by atoms with E-state index >= 15 is 0 Å². The van der Waals surface area contributed by atoms with Gasteiger partial charge in [-0.3, -0.25) is 10.4 Å². The van der Waals surface area contributed by atoms with Gasteiger partial charge in [-0.1, -0.05) is 12.1 Å². The van der Waals surface area contributed by atoms with Crippen LogP contribution in [0.4, 0.5) is 4.39 Å². The minimum absolute atomic E-state index is 0.0294. The van der Waals surface area contributed by atoms with Crippen molar-refractivity contribution in [1.29, 1.82) is 10.7 Å². The maximum Gasteiger partial charge on any atom is 0.141 e. The lowest BCUT2D eigenvalue weighted by Gasteiger charge is -2.00. The van der Waals surface area contributed by atoms with Crippen LogP contribution in [0.3, 0.4) is 0 Å². The molecule has 1 aromatic carbocycles. The fraction of sp³-hybridized carbons (Fsp3) is 0.154. The monoisotopic (exact) mass is 244 g/mol. The molecule has 1 rings (SSSR count). The summed E-state index contributed by atoms with van der Waals surface area (Å²) in [6.45, 7) is 2.23. The molecule has 92 valence electrons. The molecular weight excluding hydrogens is 231 g/mol. The first-order valence-electron chi connectivity index (χ1n) is 5.32. The van der Waals surface area contributed by atoms with Crippen molar-refractivity contribution in [3.8, 4) is 6.07 Å². The Hall–Kier alpha value is -2.48. The largest absolute Gasteiger partial charge is 0.373 e. The van der Waals surface area contributed by atoms with Crippen molar-refractivity contribution in [3.05, 3.63) is 47.4 Å². The smallest absolute Gasteiger partial charge is 0.141 e. The highest BCUT2D eigenvalue weighted by Gasteiger charge is 2.04. The van der Waals surface area contributed by atoms with E-state index < -0.39 is 5.82 Å². The maximum absolute atomic E-state index is 13.3. The molecule has 0 amide bonds. The number of nitrogens with zero attached hydrogens (tertiary/aromatic N) is 2. The minimum Gasteiger partial charge on any atom is -0.373 e. The quantitative estimate of drug-likeness (QED) is 0.615. The van der Waals surface area contributed by atoms with Gasteiger partial charge in [0.1, 0.15) is 18.6 Å². The van der Waals surface area contributed by atoms with Crippen molar-refractivity contribution in [1.82, 2.24) is 5.32 Å². The molecule has 0 bridgehead atoms. The van der Waals surface area contributed by atoms with E-state index in [1.807, 2.05) is 13.0 Å². The summed E-state index contributed by atoms with van der Waals surface area (Å²) in [5.41, 5.74) is 0.459. The third kappa shape index (κ3) is 3.83. The van der Waals surface area contributed by atoms with Crippen molar-refractivity contribution in [2.24, 2.45) is 4.99 Å².